The number of rotatable bonds is 2. The van der Waals surface area contributed by atoms with Gasteiger partial charge in [-0.05, 0) is 18.6 Å². The van der Waals surface area contributed by atoms with Gasteiger partial charge in [0.2, 0.25) is 0 Å². The molecule has 0 radical (unpaired) electrons. The van der Waals surface area contributed by atoms with Crippen molar-refractivity contribution in [3.8, 4) is 5.69 Å². The van der Waals surface area contributed by atoms with Crippen molar-refractivity contribution in [3.05, 3.63) is 46.6 Å². The third kappa shape index (κ3) is 1.46. The minimum Gasteiger partial charge on any atom is -0.295 e. The van der Waals surface area contributed by atoms with Crippen LogP contribution in [0.25, 0.3) is 5.69 Å². The molecule has 0 spiro atoms. The zero-order chi connectivity index (χ0) is 9.97. The topological polar surface area (TPSA) is 50.7 Å². The van der Waals surface area contributed by atoms with Crippen molar-refractivity contribution in [2.24, 2.45) is 0 Å². The van der Waals surface area contributed by atoms with Gasteiger partial charge in [0.15, 0.2) is 0 Å². The van der Waals surface area contributed by atoms with Crippen LogP contribution in [0.1, 0.15) is 12.6 Å². The quantitative estimate of drug-likeness (QED) is 0.769. The van der Waals surface area contributed by atoms with Crippen molar-refractivity contribution < 1.29 is 0 Å². The highest BCUT2D eigenvalue weighted by molar-refractivity contribution is 5.27. The summed E-state index contributed by atoms with van der Waals surface area (Å²) >= 11 is 0. The Kier molecular flexibility index (Phi) is 2.18. The Morgan fingerprint density at radius 3 is 2.71 bits per heavy atom. The number of hydrogen-bond donors (Lipinski definition) is 1. The number of hydrogen-bond acceptors (Lipinski definition) is 2. The van der Waals surface area contributed by atoms with Crippen LogP contribution >= 0.6 is 0 Å². The van der Waals surface area contributed by atoms with Crippen LogP contribution in [0.3, 0.4) is 0 Å². The number of nitrogens with zero attached hydrogens (tertiary/aromatic N) is 2. The zero-order valence-corrected chi connectivity index (χ0v) is 7.90. The van der Waals surface area contributed by atoms with Crippen LogP contribution in [-0.2, 0) is 6.42 Å². The van der Waals surface area contributed by atoms with Gasteiger partial charge in [-0.3, -0.25) is 14.9 Å². The number of nitrogens with one attached hydrogen (secondary N) is 1. The van der Waals surface area contributed by atoms with E-state index in [1.807, 2.05) is 6.92 Å². The second-order valence-electron chi connectivity index (χ2n) is 3.01. The first-order chi connectivity index (χ1) is 6.81. The average Bonchev–Trinajstić information content (AvgIpc) is 2.61. The first kappa shape index (κ1) is 8.74. The van der Waals surface area contributed by atoms with Gasteiger partial charge < -0.3 is 0 Å². The second kappa shape index (κ2) is 3.49. The Hall–Kier alpha value is -1.84. The Balaban J connectivity index is 2.52. The number of H-pyrrole nitrogens is 1. The molecule has 2 aromatic rings. The molecule has 2 rings (SSSR count). The van der Waals surface area contributed by atoms with E-state index in [4.69, 9.17) is 0 Å². The van der Waals surface area contributed by atoms with Gasteiger partial charge in [-0.1, -0.05) is 6.92 Å². The summed E-state index contributed by atoms with van der Waals surface area (Å²) in [4.78, 5) is 15.4. The van der Waals surface area contributed by atoms with Crippen LogP contribution < -0.4 is 5.56 Å². The van der Waals surface area contributed by atoms with Crippen LogP contribution in [0.5, 0.6) is 0 Å². The molecular formula is C10H11N3O. The van der Waals surface area contributed by atoms with Crippen molar-refractivity contribution in [2.75, 3.05) is 0 Å². The molecule has 0 amide bonds. The van der Waals surface area contributed by atoms with Crippen molar-refractivity contribution in [3.63, 3.8) is 0 Å². The molecule has 0 saturated heterocycles. The van der Waals surface area contributed by atoms with Gasteiger partial charge in [0.05, 0.1) is 5.69 Å². The van der Waals surface area contributed by atoms with Gasteiger partial charge in [-0.25, -0.2) is 4.68 Å². The zero-order valence-electron chi connectivity index (χ0n) is 7.90. The number of pyridine rings is 1. The average molecular weight is 189 g/mol. The first-order valence-electron chi connectivity index (χ1n) is 4.52. The lowest BCUT2D eigenvalue weighted by atomic mass is 10.3. The summed E-state index contributed by atoms with van der Waals surface area (Å²) in [5, 5.41) is 3.02. The Morgan fingerprint density at radius 1 is 1.43 bits per heavy atom. The maximum atomic E-state index is 11.5. The molecule has 2 heterocycles. The van der Waals surface area contributed by atoms with Crippen LogP contribution in [-0.4, -0.2) is 14.8 Å². The number of aromatic nitrogens is 3. The molecule has 0 unspecified atom stereocenters. The summed E-state index contributed by atoms with van der Waals surface area (Å²) in [6.45, 7) is 2.00. The monoisotopic (exact) mass is 189 g/mol. The molecule has 0 aromatic carbocycles. The van der Waals surface area contributed by atoms with Gasteiger partial charge in [0.1, 0.15) is 0 Å². The fourth-order valence-corrected chi connectivity index (χ4v) is 1.31. The fourth-order valence-electron chi connectivity index (χ4n) is 1.31. The number of aromatic amines is 1. The highest BCUT2D eigenvalue weighted by atomic mass is 16.1. The van der Waals surface area contributed by atoms with E-state index in [1.54, 1.807) is 30.6 Å². The molecule has 1 N–H and O–H groups in total. The minimum atomic E-state index is -0.0342. The van der Waals surface area contributed by atoms with E-state index < -0.39 is 0 Å². The lowest BCUT2D eigenvalue weighted by Crippen LogP contribution is -2.13. The minimum absolute atomic E-state index is 0.0342. The molecular weight excluding hydrogens is 178 g/mol. The third-order valence-corrected chi connectivity index (χ3v) is 2.08. The van der Waals surface area contributed by atoms with Crippen LogP contribution in [0.15, 0.2) is 35.4 Å². The smallest absolute Gasteiger partial charge is 0.271 e. The molecule has 0 aliphatic heterocycles. The second-order valence-corrected chi connectivity index (χ2v) is 3.01. The van der Waals surface area contributed by atoms with Crippen molar-refractivity contribution >= 4 is 0 Å². The molecule has 0 saturated carbocycles. The van der Waals surface area contributed by atoms with Gasteiger partial charge in [0, 0.05) is 24.2 Å². The van der Waals surface area contributed by atoms with E-state index in [1.165, 1.54) is 4.68 Å². The third-order valence-electron chi connectivity index (χ3n) is 2.08. The summed E-state index contributed by atoms with van der Waals surface area (Å²) in [6, 6.07) is 5.19. The van der Waals surface area contributed by atoms with Crippen LogP contribution in [0, 0.1) is 0 Å². The van der Waals surface area contributed by atoms with Crippen LogP contribution in [0.4, 0.5) is 0 Å². The molecule has 14 heavy (non-hydrogen) atoms. The number of aryl methyl sites for hydroxylation is 1. The standard InChI is InChI=1S/C10H11N3O/c1-2-8-7-10(14)13(12-8)9-3-5-11-6-4-9/h3-7,12H,2H2,1H3. The van der Waals surface area contributed by atoms with Gasteiger partial charge >= 0.3 is 0 Å². The summed E-state index contributed by atoms with van der Waals surface area (Å²) < 4.78 is 1.51. The largest absolute Gasteiger partial charge is 0.295 e. The molecule has 0 atom stereocenters. The van der Waals surface area contributed by atoms with Crippen molar-refractivity contribution in [1.82, 2.24) is 14.8 Å². The molecule has 2 aromatic heterocycles. The van der Waals surface area contributed by atoms with Crippen molar-refractivity contribution in [2.45, 2.75) is 13.3 Å². The fraction of sp³-hybridized carbons (Fsp3) is 0.200. The molecule has 0 aliphatic carbocycles. The summed E-state index contributed by atoms with van der Waals surface area (Å²) in [5.74, 6) is 0. The maximum Gasteiger partial charge on any atom is 0.271 e. The first-order valence-corrected chi connectivity index (χ1v) is 4.52. The molecule has 0 fully saturated rings. The van der Waals surface area contributed by atoms with E-state index in [2.05, 4.69) is 10.1 Å². The Labute approximate surface area is 81.2 Å². The van der Waals surface area contributed by atoms with E-state index in [-0.39, 0.29) is 5.56 Å². The molecule has 4 heteroatoms. The highest BCUT2D eigenvalue weighted by Crippen LogP contribution is 2.01. The van der Waals surface area contributed by atoms with Gasteiger partial charge in [-0.2, -0.15) is 0 Å². The maximum absolute atomic E-state index is 11.5. The highest BCUT2D eigenvalue weighted by Gasteiger charge is 2.02. The summed E-state index contributed by atoms with van der Waals surface area (Å²) in [5.41, 5.74) is 1.71. The molecule has 4 nitrogen and oxygen atoms in total. The molecule has 0 aliphatic rings. The molecule has 0 bridgehead atoms. The lowest BCUT2D eigenvalue weighted by Gasteiger charge is -1.99. The summed E-state index contributed by atoms with van der Waals surface area (Å²) in [7, 11) is 0. The van der Waals surface area contributed by atoms with E-state index >= 15 is 0 Å². The Bertz CT molecular complexity index is 470. The lowest BCUT2D eigenvalue weighted by molar-refractivity contribution is 0.817. The predicted molar refractivity (Wildman–Crippen MR) is 53.6 cm³/mol. The SMILES string of the molecule is CCc1cc(=O)n(-c2ccncc2)[nH]1. The predicted octanol–water partition coefficient (Wildman–Crippen LogP) is 1.12. The van der Waals surface area contributed by atoms with Gasteiger partial charge in [-0.15, -0.1) is 0 Å². The van der Waals surface area contributed by atoms with Gasteiger partial charge in [0.25, 0.3) is 5.56 Å². The normalized spacial score (nSPS) is 10.4. The van der Waals surface area contributed by atoms with E-state index in [0.29, 0.717) is 0 Å². The van der Waals surface area contributed by atoms with Crippen LogP contribution in [0.2, 0.25) is 0 Å². The summed E-state index contributed by atoms with van der Waals surface area (Å²) in [6.07, 6.45) is 4.15. The Morgan fingerprint density at radius 2 is 2.14 bits per heavy atom. The van der Waals surface area contributed by atoms with E-state index in [9.17, 15) is 4.79 Å². The van der Waals surface area contributed by atoms with Crippen molar-refractivity contribution in [1.29, 1.82) is 0 Å². The van der Waals surface area contributed by atoms with E-state index in [0.717, 1.165) is 17.8 Å². The molecule has 72 valence electrons.